The van der Waals surface area contributed by atoms with Crippen molar-refractivity contribution in [3.05, 3.63) is 59.2 Å². The summed E-state index contributed by atoms with van der Waals surface area (Å²) in [4.78, 5) is 27.0. The van der Waals surface area contributed by atoms with Crippen LogP contribution < -0.4 is 5.32 Å². The highest BCUT2D eigenvalue weighted by atomic mass is 32.2. The molecule has 0 bridgehead atoms. The zero-order chi connectivity index (χ0) is 20.5. The normalized spacial score (nSPS) is 16.8. The molecule has 0 aliphatic carbocycles. The fourth-order valence-corrected chi connectivity index (χ4v) is 4.43. The summed E-state index contributed by atoms with van der Waals surface area (Å²) in [6.07, 6.45) is 2.68. The van der Waals surface area contributed by atoms with Crippen LogP contribution in [0.2, 0.25) is 0 Å². The molecule has 1 atom stereocenters. The van der Waals surface area contributed by atoms with E-state index in [4.69, 9.17) is 0 Å². The SMILES string of the molecule is Cc1cccc([C@@H]2CCCN2C(=O)C(=O)Nc2cc(C)ccc2S(C)(=O)=O)c1. The molecule has 1 aliphatic heterocycles. The summed E-state index contributed by atoms with van der Waals surface area (Å²) < 4.78 is 24.0. The van der Waals surface area contributed by atoms with Crippen molar-refractivity contribution < 1.29 is 18.0 Å². The van der Waals surface area contributed by atoms with Gasteiger partial charge < -0.3 is 10.2 Å². The van der Waals surface area contributed by atoms with Crippen molar-refractivity contribution in [1.29, 1.82) is 0 Å². The average molecular weight is 401 g/mol. The molecular formula is C21H24N2O4S. The van der Waals surface area contributed by atoms with Crippen molar-refractivity contribution in [2.75, 3.05) is 18.1 Å². The summed E-state index contributed by atoms with van der Waals surface area (Å²) in [6.45, 7) is 4.27. The molecule has 0 aromatic heterocycles. The Morgan fingerprint density at radius 3 is 2.46 bits per heavy atom. The molecule has 1 fully saturated rings. The molecule has 0 spiro atoms. The van der Waals surface area contributed by atoms with Crippen LogP contribution >= 0.6 is 0 Å². The number of aryl methyl sites for hydroxylation is 2. The minimum Gasteiger partial charge on any atom is -0.327 e. The maximum Gasteiger partial charge on any atom is 0.313 e. The average Bonchev–Trinajstić information content (AvgIpc) is 3.09. The molecule has 2 amide bonds. The third-order valence-corrected chi connectivity index (χ3v) is 6.07. The first-order valence-corrected chi connectivity index (χ1v) is 11.0. The molecule has 28 heavy (non-hydrogen) atoms. The van der Waals surface area contributed by atoms with E-state index in [2.05, 4.69) is 5.32 Å². The second-order valence-electron chi connectivity index (χ2n) is 7.30. The number of rotatable bonds is 3. The zero-order valence-electron chi connectivity index (χ0n) is 16.2. The lowest BCUT2D eigenvalue weighted by molar-refractivity contribution is -0.143. The van der Waals surface area contributed by atoms with Gasteiger partial charge in [-0.1, -0.05) is 35.9 Å². The minimum atomic E-state index is -3.54. The highest BCUT2D eigenvalue weighted by Crippen LogP contribution is 2.32. The van der Waals surface area contributed by atoms with E-state index in [0.29, 0.717) is 6.54 Å². The molecule has 0 saturated carbocycles. The molecule has 1 aliphatic rings. The van der Waals surface area contributed by atoms with Crippen LogP contribution in [0.3, 0.4) is 0 Å². The highest BCUT2D eigenvalue weighted by Gasteiger charge is 2.34. The number of benzene rings is 2. The van der Waals surface area contributed by atoms with E-state index in [-0.39, 0.29) is 16.6 Å². The van der Waals surface area contributed by atoms with Crippen molar-refractivity contribution >= 4 is 27.3 Å². The maximum atomic E-state index is 12.8. The topological polar surface area (TPSA) is 83.6 Å². The molecule has 1 saturated heterocycles. The van der Waals surface area contributed by atoms with Crippen molar-refractivity contribution in [1.82, 2.24) is 4.90 Å². The number of carbonyl (C=O) groups excluding carboxylic acids is 2. The van der Waals surface area contributed by atoms with Gasteiger partial charge in [-0.3, -0.25) is 9.59 Å². The monoisotopic (exact) mass is 400 g/mol. The Hall–Kier alpha value is -2.67. The van der Waals surface area contributed by atoms with Gasteiger partial charge in [0, 0.05) is 12.8 Å². The van der Waals surface area contributed by atoms with E-state index in [1.165, 1.54) is 6.07 Å². The van der Waals surface area contributed by atoms with Gasteiger partial charge in [0.25, 0.3) is 0 Å². The van der Waals surface area contributed by atoms with Crippen molar-refractivity contribution in [3.8, 4) is 0 Å². The second kappa shape index (κ2) is 7.75. The van der Waals surface area contributed by atoms with Crippen LogP contribution in [0.25, 0.3) is 0 Å². The lowest BCUT2D eigenvalue weighted by atomic mass is 10.0. The lowest BCUT2D eigenvalue weighted by Crippen LogP contribution is -2.39. The van der Waals surface area contributed by atoms with E-state index >= 15 is 0 Å². The number of carbonyl (C=O) groups is 2. The fourth-order valence-electron chi connectivity index (χ4n) is 3.60. The van der Waals surface area contributed by atoms with Crippen LogP contribution in [0.4, 0.5) is 5.69 Å². The van der Waals surface area contributed by atoms with Gasteiger partial charge in [-0.05, 0) is 49.9 Å². The predicted molar refractivity (Wildman–Crippen MR) is 108 cm³/mol. The molecule has 7 heteroatoms. The summed E-state index contributed by atoms with van der Waals surface area (Å²) in [5.74, 6) is -1.47. The molecule has 0 radical (unpaired) electrons. The molecule has 6 nitrogen and oxygen atoms in total. The van der Waals surface area contributed by atoms with Crippen LogP contribution in [0, 0.1) is 13.8 Å². The Bertz CT molecular complexity index is 1030. The Morgan fingerprint density at radius 2 is 1.79 bits per heavy atom. The predicted octanol–water partition coefficient (Wildman–Crippen LogP) is 3.01. The number of nitrogens with one attached hydrogen (secondary N) is 1. The maximum absolute atomic E-state index is 12.8. The van der Waals surface area contributed by atoms with Crippen molar-refractivity contribution in [2.24, 2.45) is 0 Å². The van der Waals surface area contributed by atoms with E-state index < -0.39 is 21.7 Å². The summed E-state index contributed by atoms with van der Waals surface area (Å²) in [5.41, 5.74) is 3.02. The standard InChI is InChI=1S/C21H24N2O4S/c1-14-6-4-7-16(12-14)18-8-5-11-23(18)21(25)20(24)22-17-13-15(2)9-10-19(17)28(3,26)27/h4,6-7,9-10,12-13,18H,5,8,11H2,1-3H3,(H,22,24)/t18-/m0/s1. The summed E-state index contributed by atoms with van der Waals surface area (Å²) >= 11 is 0. The van der Waals surface area contributed by atoms with Crippen LogP contribution in [-0.2, 0) is 19.4 Å². The van der Waals surface area contributed by atoms with Gasteiger partial charge in [0.1, 0.15) is 0 Å². The summed E-state index contributed by atoms with van der Waals surface area (Å²) in [7, 11) is -3.54. The largest absolute Gasteiger partial charge is 0.327 e. The molecule has 2 aromatic carbocycles. The number of sulfone groups is 1. The van der Waals surface area contributed by atoms with Gasteiger partial charge in [-0.25, -0.2) is 8.42 Å². The van der Waals surface area contributed by atoms with Gasteiger partial charge in [0.15, 0.2) is 9.84 Å². The smallest absolute Gasteiger partial charge is 0.313 e. The number of nitrogens with zero attached hydrogens (tertiary/aromatic N) is 1. The van der Waals surface area contributed by atoms with Gasteiger partial charge in [-0.2, -0.15) is 0 Å². The Morgan fingerprint density at radius 1 is 1.07 bits per heavy atom. The molecule has 2 aromatic rings. The fraction of sp³-hybridized carbons (Fsp3) is 0.333. The van der Waals surface area contributed by atoms with Crippen LogP contribution in [-0.4, -0.2) is 37.9 Å². The van der Waals surface area contributed by atoms with E-state index in [0.717, 1.165) is 35.8 Å². The van der Waals surface area contributed by atoms with Gasteiger partial charge in [0.2, 0.25) is 0 Å². The highest BCUT2D eigenvalue weighted by molar-refractivity contribution is 7.90. The van der Waals surface area contributed by atoms with Crippen LogP contribution in [0.15, 0.2) is 47.4 Å². The number of amides is 2. The molecule has 3 rings (SSSR count). The van der Waals surface area contributed by atoms with Crippen LogP contribution in [0.1, 0.15) is 35.6 Å². The number of anilines is 1. The molecular weight excluding hydrogens is 376 g/mol. The van der Waals surface area contributed by atoms with Crippen molar-refractivity contribution in [3.63, 3.8) is 0 Å². The third kappa shape index (κ3) is 4.25. The third-order valence-electron chi connectivity index (χ3n) is 4.92. The number of hydrogen-bond acceptors (Lipinski definition) is 4. The Labute approximate surface area is 165 Å². The Balaban J connectivity index is 1.84. The molecule has 1 heterocycles. The van der Waals surface area contributed by atoms with Crippen LogP contribution in [0.5, 0.6) is 0 Å². The number of likely N-dealkylation sites (tertiary alicyclic amines) is 1. The van der Waals surface area contributed by atoms with E-state index in [9.17, 15) is 18.0 Å². The first-order valence-electron chi connectivity index (χ1n) is 9.16. The molecule has 148 valence electrons. The minimum absolute atomic E-state index is 0.00379. The van der Waals surface area contributed by atoms with E-state index in [1.54, 1.807) is 24.0 Å². The zero-order valence-corrected chi connectivity index (χ0v) is 17.0. The summed E-state index contributed by atoms with van der Waals surface area (Å²) in [5, 5.41) is 2.51. The first kappa shape index (κ1) is 20.1. The Kier molecular flexibility index (Phi) is 5.56. The summed E-state index contributed by atoms with van der Waals surface area (Å²) in [6, 6.07) is 12.4. The van der Waals surface area contributed by atoms with Gasteiger partial charge in [0.05, 0.1) is 16.6 Å². The molecule has 1 N–H and O–H groups in total. The molecule has 0 unspecified atom stereocenters. The van der Waals surface area contributed by atoms with Gasteiger partial charge >= 0.3 is 11.8 Å². The van der Waals surface area contributed by atoms with E-state index in [1.807, 2.05) is 31.2 Å². The second-order valence-corrected chi connectivity index (χ2v) is 9.28. The lowest BCUT2D eigenvalue weighted by Gasteiger charge is -2.25. The number of hydrogen-bond donors (Lipinski definition) is 1. The quantitative estimate of drug-likeness (QED) is 0.803. The first-order chi connectivity index (χ1) is 13.2. The van der Waals surface area contributed by atoms with Crippen molar-refractivity contribution in [2.45, 2.75) is 37.6 Å². The van der Waals surface area contributed by atoms with Gasteiger partial charge in [-0.15, -0.1) is 0 Å².